The van der Waals surface area contributed by atoms with E-state index in [0.717, 1.165) is 41.1 Å². The molecule has 1 aliphatic carbocycles. The lowest BCUT2D eigenvalue weighted by molar-refractivity contribution is 0.111. The van der Waals surface area contributed by atoms with E-state index >= 15 is 0 Å². The van der Waals surface area contributed by atoms with Crippen molar-refractivity contribution < 1.29 is 9.53 Å². The van der Waals surface area contributed by atoms with Crippen LogP contribution in [0.5, 0.6) is 5.75 Å². The molecule has 124 valence electrons. The number of aryl methyl sites for hydroxylation is 2. The predicted molar refractivity (Wildman–Crippen MR) is 96.3 cm³/mol. The molecule has 0 unspecified atom stereocenters. The average Bonchev–Trinajstić information content (AvgIpc) is 3.10. The maximum absolute atomic E-state index is 11.8. The molecule has 2 heterocycles. The Morgan fingerprint density at radius 3 is 2.67 bits per heavy atom. The van der Waals surface area contributed by atoms with Gasteiger partial charge in [0.1, 0.15) is 17.1 Å². The van der Waals surface area contributed by atoms with E-state index in [1.807, 2.05) is 38.1 Å². The summed E-state index contributed by atoms with van der Waals surface area (Å²) in [5.41, 5.74) is 3.66. The number of benzene rings is 1. The Balaban J connectivity index is 1.79. The third kappa shape index (κ3) is 2.53. The minimum atomic E-state index is 0.144. The highest BCUT2D eigenvalue weighted by molar-refractivity contribution is 7.17. The van der Waals surface area contributed by atoms with E-state index in [1.165, 1.54) is 23.4 Å². The molecule has 3 aromatic rings. The number of nitrogens with zero attached hydrogens (tertiary/aromatic N) is 2. The average molecular weight is 340 g/mol. The number of imidazole rings is 1. The Bertz CT molecular complexity index is 890. The highest BCUT2D eigenvalue weighted by atomic mass is 32.1. The number of rotatable bonds is 4. The zero-order chi connectivity index (χ0) is 16.7. The summed E-state index contributed by atoms with van der Waals surface area (Å²) < 4.78 is 7.76. The number of fused-ring (bicyclic) bond motifs is 3. The van der Waals surface area contributed by atoms with Crippen molar-refractivity contribution in [2.75, 3.05) is 0 Å². The SMILES string of the molecule is CC(C)Oc1ccc(-c2nc3sc4c(n3c2C=O)CCCC4)cc1. The van der Waals surface area contributed by atoms with Gasteiger partial charge >= 0.3 is 0 Å². The van der Waals surface area contributed by atoms with Gasteiger partial charge in [0.2, 0.25) is 0 Å². The Morgan fingerprint density at radius 1 is 1.21 bits per heavy atom. The second-order valence-corrected chi connectivity index (χ2v) is 7.51. The molecule has 0 bridgehead atoms. The van der Waals surface area contributed by atoms with E-state index in [-0.39, 0.29) is 6.10 Å². The molecule has 0 aliphatic heterocycles. The number of carbonyl (C=O) groups excluding carboxylic acids is 1. The normalized spacial score (nSPS) is 14.1. The molecule has 0 atom stereocenters. The van der Waals surface area contributed by atoms with Gasteiger partial charge in [-0.3, -0.25) is 9.20 Å². The van der Waals surface area contributed by atoms with Crippen LogP contribution in [0.1, 0.15) is 47.7 Å². The number of hydrogen-bond donors (Lipinski definition) is 0. The highest BCUT2D eigenvalue weighted by Gasteiger charge is 2.22. The standard InChI is InChI=1S/C19H20N2O2S/c1-12(2)23-14-9-7-13(8-10-14)18-16(11-22)21-15-5-3-4-6-17(15)24-19(21)20-18/h7-12H,3-6H2,1-2H3. The van der Waals surface area contributed by atoms with Crippen LogP contribution in [-0.2, 0) is 12.8 Å². The van der Waals surface area contributed by atoms with Crippen molar-refractivity contribution in [1.29, 1.82) is 0 Å². The van der Waals surface area contributed by atoms with Crippen LogP contribution in [0.15, 0.2) is 24.3 Å². The quantitative estimate of drug-likeness (QED) is 0.655. The highest BCUT2D eigenvalue weighted by Crippen LogP contribution is 2.34. The van der Waals surface area contributed by atoms with E-state index in [1.54, 1.807) is 11.3 Å². The Morgan fingerprint density at radius 2 is 1.96 bits per heavy atom. The van der Waals surface area contributed by atoms with Crippen molar-refractivity contribution in [3.63, 3.8) is 0 Å². The zero-order valence-corrected chi connectivity index (χ0v) is 14.7. The van der Waals surface area contributed by atoms with Gasteiger partial charge < -0.3 is 4.74 Å². The van der Waals surface area contributed by atoms with Crippen molar-refractivity contribution in [3.8, 4) is 17.0 Å². The van der Waals surface area contributed by atoms with E-state index < -0.39 is 0 Å². The smallest absolute Gasteiger partial charge is 0.195 e. The van der Waals surface area contributed by atoms with Crippen molar-refractivity contribution in [1.82, 2.24) is 9.38 Å². The van der Waals surface area contributed by atoms with Crippen molar-refractivity contribution in [2.45, 2.75) is 45.6 Å². The Labute approximate surface area is 145 Å². The van der Waals surface area contributed by atoms with E-state index in [2.05, 4.69) is 4.40 Å². The minimum absolute atomic E-state index is 0.144. The molecule has 4 nitrogen and oxygen atoms in total. The van der Waals surface area contributed by atoms with Crippen molar-refractivity contribution >= 4 is 22.6 Å². The lowest BCUT2D eigenvalue weighted by Gasteiger charge is -2.11. The summed E-state index contributed by atoms with van der Waals surface area (Å²) in [6, 6.07) is 7.83. The first-order valence-electron chi connectivity index (χ1n) is 8.42. The monoisotopic (exact) mass is 340 g/mol. The number of thiazole rings is 1. The molecular weight excluding hydrogens is 320 g/mol. The van der Waals surface area contributed by atoms with E-state index in [0.29, 0.717) is 5.69 Å². The summed E-state index contributed by atoms with van der Waals surface area (Å²) in [5, 5.41) is 0. The number of carbonyl (C=O) groups is 1. The first-order valence-corrected chi connectivity index (χ1v) is 9.24. The van der Waals surface area contributed by atoms with Gasteiger partial charge in [-0.2, -0.15) is 0 Å². The van der Waals surface area contributed by atoms with Gasteiger partial charge in [0.15, 0.2) is 11.2 Å². The van der Waals surface area contributed by atoms with Crippen LogP contribution in [-0.4, -0.2) is 21.8 Å². The van der Waals surface area contributed by atoms with E-state index in [9.17, 15) is 4.79 Å². The van der Waals surface area contributed by atoms with Gasteiger partial charge in [-0.15, -0.1) is 11.3 Å². The third-order valence-electron chi connectivity index (χ3n) is 4.37. The molecule has 5 heteroatoms. The summed E-state index contributed by atoms with van der Waals surface area (Å²) in [4.78, 5) is 18.9. The van der Waals surface area contributed by atoms with Gasteiger partial charge in [-0.25, -0.2) is 4.98 Å². The maximum Gasteiger partial charge on any atom is 0.195 e. The molecule has 0 N–H and O–H groups in total. The molecule has 0 radical (unpaired) electrons. The molecule has 0 saturated carbocycles. The fraction of sp³-hybridized carbons (Fsp3) is 0.368. The van der Waals surface area contributed by atoms with Crippen LogP contribution in [0.25, 0.3) is 16.2 Å². The second kappa shape index (κ2) is 6.06. The molecule has 0 saturated heterocycles. The molecular formula is C19H20N2O2S. The second-order valence-electron chi connectivity index (χ2n) is 6.45. The first-order chi connectivity index (χ1) is 11.7. The van der Waals surface area contributed by atoms with Gasteiger partial charge in [0.25, 0.3) is 0 Å². The predicted octanol–water partition coefficient (Wildman–Crippen LogP) is 4.54. The van der Waals surface area contributed by atoms with Crippen LogP contribution in [0.3, 0.4) is 0 Å². The topological polar surface area (TPSA) is 43.6 Å². The minimum Gasteiger partial charge on any atom is -0.491 e. The molecule has 24 heavy (non-hydrogen) atoms. The molecule has 4 rings (SSSR count). The van der Waals surface area contributed by atoms with Gasteiger partial charge in [-0.1, -0.05) is 0 Å². The summed E-state index contributed by atoms with van der Waals surface area (Å²) >= 11 is 1.72. The molecule has 0 amide bonds. The molecule has 0 fully saturated rings. The van der Waals surface area contributed by atoms with Crippen molar-refractivity contribution in [2.24, 2.45) is 0 Å². The van der Waals surface area contributed by atoms with Gasteiger partial charge in [0, 0.05) is 16.1 Å². The van der Waals surface area contributed by atoms with Crippen LogP contribution >= 0.6 is 11.3 Å². The van der Waals surface area contributed by atoms with Crippen LogP contribution < -0.4 is 4.74 Å². The van der Waals surface area contributed by atoms with Gasteiger partial charge in [0.05, 0.1) is 6.10 Å². The Hall–Kier alpha value is -2.14. The largest absolute Gasteiger partial charge is 0.491 e. The van der Waals surface area contributed by atoms with Crippen LogP contribution in [0.2, 0.25) is 0 Å². The lowest BCUT2D eigenvalue weighted by Crippen LogP contribution is -2.05. The lowest BCUT2D eigenvalue weighted by atomic mass is 10.0. The summed E-state index contributed by atoms with van der Waals surface area (Å²) in [7, 11) is 0. The number of hydrogen-bond acceptors (Lipinski definition) is 4. The maximum atomic E-state index is 11.8. The fourth-order valence-corrected chi connectivity index (χ4v) is 4.56. The van der Waals surface area contributed by atoms with Crippen molar-refractivity contribution in [3.05, 3.63) is 40.5 Å². The van der Waals surface area contributed by atoms with E-state index in [4.69, 9.17) is 9.72 Å². The summed E-state index contributed by atoms with van der Waals surface area (Å²) in [6.07, 6.45) is 5.65. The van der Waals surface area contributed by atoms with Crippen LogP contribution in [0, 0.1) is 0 Å². The first kappa shape index (κ1) is 15.4. The molecule has 0 spiro atoms. The molecule has 1 aliphatic rings. The number of aldehydes is 1. The zero-order valence-electron chi connectivity index (χ0n) is 13.9. The number of ether oxygens (including phenoxy) is 1. The molecule has 1 aromatic carbocycles. The summed E-state index contributed by atoms with van der Waals surface area (Å²) in [5.74, 6) is 0.833. The van der Waals surface area contributed by atoms with Gasteiger partial charge in [-0.05, 0) is 63.8 Å². The number of aromatic nitrogens is 2. The molecule has 2 aromatic heterocycles. The van der Waals surface area contributed by atoms with Crippen LogP contribution in [0.4, 0.5) is 0 Å². The summed E-state index contributed by atoms with van der Waals surface area (Å²) in [6.45, 7) is 4.01. The third-order valence-corrected chi connectivity index (χ3v) is 5.51. The Kier molecular flexibility index (Phi) is 3.88. The fourth-order valence-electron chi connectivity index (χ4n) is 3.34.